The van der Waals surface area contributed by atoms with Crippen LogP contribution in [-0.4, -0.2) is 81.0 Å². The zero-order valence-corrected chi connectivity index (χ0v) is 25.6. The molecule has 0 saturated heterocycles. The molecule has 39 heavy (non-hydrogen) atoms. The van der Waals surface area contributed by atoms with Gasteiger partial charge in [-0.2, -0.15) is 0 Å². The molecular weight excluding hydrogens is 498 g/mol. The number of nitrogens with one attached hydrogen (secondary N) is 1. The van der Waals surface area contributed by atoms with Crippen molar-refractivity contribution >= 4 is 11.8 Å². The van der Waals surface area contributed by atoms with Gasteiger partial charge < -0.3 is 35.3 Å². The lowest BCUT2D eigenvalue weighted by molar-refractivity contribution is -0.137. The molecule has 4 N–H and O–H groups in total. The van der Waals surface area contributed by atoms with E-state index < -0.39 is 23.6 Å². The number of carbonyl (C=O) groups is 2. The van der Waals surface area contributed by atoms with Gasteiger partial charge in [0.1, 0.15) is 11.6 Å². The zero-order valence-electron chi connectivity index (χ0n) is 25.6. The van der Waals surface area contributed by atoms with Crippen LogP contribution in [0.2, 0.25) is 0 Å². The fraction of sp³-hybridized carbons (Fsp3) is 0.733. The lowest BCUT2D eigenvalue weighted by atomic mass is 9.79. The minimum Gasteiger partial charge on any atom is -0.493 e. The topological polar surface area (TPSA) is 123 Å². The number of nitrogens with two attached hydrogens (primary N) is 1. The normalized spacial score (nSPS) is 15.4. The molecule has 2 amide bonds. The Morgan fingerprint density at radius 2 is 1.72 bits per heavy atom. The Bertz CT molecular complexity index is 891. The summed E-state index contributed by atoms with van der Waals surface area (Å²) in [4.78, 5) is 26.8. The van der Waals surface area contributed by atoms with E-state index in [2.05, 4.69) is 25.2 Å². The molecule has 0 aromatic heterocycles. The maximum absolute atomic E-state index is 13.1. The summed E-state index contributed by atoms with van der Waals surface area (Å²) >= 11 is 0. The van der Waals surface area contributed by atoms with E-state index in [0.29, 0.717) is 43.0 Å². The van der Waals surface area contributed by atoms with Crippen LogP contribution in [0.3, 0.4) is 0 Å². The Balaban J connectivity index is 2.86. The summed E-state index contributed by atoms with van der Waals surface area (Å²) < 4.78 is 16.5. The second kappa shape index (κ2) is 16.7. The van der Waals surface area contributed by atoms with Crippen molar-refractivity contribution in [2.24, 2.45) is 23.5 Å². The average Bonchev–Trinajstić information content (AvgIpc) is 2.87. The second-order valence-corrected chi connectivity index (χ2v) is 11.4. The predicted octanol–water partition coefficient (Wildman–Crippen LogP) is 3.40. The first-order valence-electron chi connectivity index (χ1n) is 14.0. The van der Waals surface area contributed by atoms with E-state index in [-0.39, 0.29) is 18.2 Å². The first-order valence-corrected chi connectivity index (χ1v) is 14.0. The third-order valence-electron chi connectivity index (χ3n) is 7.47. The molecule has 0 unspecified atom stereocenters. The molecule has 0 aliphatic heterocycles. The van der Waals surface area contributed by atoms with Crippen LogP contribution in [0.25, 0.3) is 0 Å². The Labute approximate surface area is 235 Å². The molecule has 9 heteroatoms. The molecule has 4 atom stereocenters. The number of carbonyl (C=O) groups excluding carboxylic acids is 2. The molecule has 1 aromatic carbocycles. The van der Waals surface area contributed by atoms with Gasteiger partial charge in [-0.3, -0.25) is 9.59 Å². The number of hydrogen-bond donors (Lipinski definition) is 3. The Morgan fingerprint density at radius 3 is 2.26 bits per heavy atom. The lowest BCUT2D eigenvalue weighted by Gasteiger charge is -2.35. The largest absolute Gasteiger partial charge is 0.493 e. The lowest BCUT2D eigenvalue weighted by Crippen LogP contribution is -2.61. The number of hydrogen-bond acceptors (Lipinski definition) is 7. The SMILES string of the molecule is COCCCOc1cc(C[C@H](CC[C@H](O)C[C@@](N)(C(=O)N[C@@H](C)C(=O)N(C)C)C(C)C)C(C)C)ccc1OC. The van der Waals surface area contributed by atoms with Gasteiger partial charge in [0.05, 0.1) is 19.8 Å². The third kappa shape index (κ3) is 11.0. The van der Waals surface area contributed by atoms with E-state index in [4.69, 9.17) is 19.9 Å². The van der Waals surface area contributed by atoms with E-state index in [0.717, 1.165) is 24.8 Å². The monoisotopic (exact) mass is 551 g/mol. The fourth-order valence-corrected chi connectivity index (χ4v) is 4.59. The van der Waals surface area contributed by atoms with Gasteiger partial charge in [0.2, 0.25) is 11.8 Å². The van der Waals surface area contributed by atoms with Gasteiger partial charge in [0.15, 0.2) is 11.5 Å². The molecule has 224 valence electrons. The summed E-state index contributed by atoms with van der Waals surface area (Å²) in [5.74, 6) is 1.25. The van der Waals surface area contributed by atoms with E-state index in [1.165, 1.54) is 4.90 Å². The van der Waals surface area contributed by atoms with Gasteiger partial charge in [-0.05, 0) is 61.6 Å². The molecule has 0 aliphatic carbocycles. The molecule has 0 heterocycles. The maximum Gasteiger partial charge on any atom is 0.244 e. The van der Waals surface area contributed by atoms with E-state index in [1.54, 1.807) is 35.2 Å². The Morgan fingerprint density at radius 1 is 1.05 bits per heavy atom. The number of methoxy groups -OCH3 is 2. The van der Waals surface area contributed by atoms with Crippen molar-refractivity contribution in [2.45, 2.75) is 84.4 Å². The van der Waals surface area contributed by atoms with Gasteiger partial charge >= 0.3 is 0 Å². The molecule has 1 rings (SSSR count). The second-order valence-electron chi connectivity index (χ2n) is 11.4. The molecule has 0 radical (unpaired) electrons. The van der Waals surface area contributed by atoms with Crippen LogP contribution in [0, 0.1) is 17.8 Å². The van der Waals surface area contributed by atoms with Crippen LogP contribution >= 0.6 is 0 Å². The number of aliphatic hydroxyl groups is 1. The van der Waals surface area contributed by atoms with Crippen molar-refractivity contribution < 1.29 is 28.9 Å². The summed E-state index contributed by atoms with van der Waals surface area (Å²) in [5, 5.41) is 13.7. The Kier molecular flexibility index (Phi) is 14.8. The molecule has 0 bridgehead atoms. The van der Waals surface area contributed by atoms with Crippen molar-refractivity contribution in [2.75, 3.05) is 41.5 Å². The molecule has 1 aromatic rings. The standard InChI is InChI=1S/C30H53N3O6/c1-20(2)24(17-23-11-14-26(38-9)27(18-23)39-16-10-15-37-8)12-13-25(34)19-30(31,21(3)4)29(36)32-22(5)28(35)33(6)7/h11,14,18,20-22,24-25,34H,10,12-13,15-17,19,31H2,1-9H3,(H,32,36)/t22-,24-,25-,30-/m0/s1. The van der Waals surface area contributed by atoms with Gasteiger partial charge in [-0.25, -0.2) is 0 Å². The molecule has 0 saturated carbocycles. The highest BCUT2D eigenvalue weighted by atomic mass is 16.5. The van der Waals surface area contributed by atoms with Crippen LogP contribution in [0.15, 0.2) is 18.2 Å². The van der Waals surface area contributed by atoms with Crippen molar-refractivity contribution in [3.63, 3.8) is 0 Å². The van der Waals surface area contributed by atoms with Crippen LogP contribution in [0.5, 0.6) is 11.5 Å². The summed E-state index contributed by atoms with van der Waals surface area (Å²) in [6.07, 6.45) is 2.28. The predicted molar refractivity (Wildman–Crippen MR) is 155 cm³/mol. The number of amides is 2. The summed E-state index contributed by atoms with van der Waals surface area (Å²) in [6.45, 7) is 10.9. The zero-order chi connectivity index (χ0) is 29.8. The number of rotatable bonds is 18. The van der Waals surface area contributed by atoms with Gasteiger partial charge in [0.25, 0.3) is 0 Å². The number of nitrogens with zero attached hydrogens (tertiary/aromatic N) is 1. The summed E-state index contributed by atoms with van der Waals surface area (Å²) in [7, 11) is 6.58. The van der Waals surface area contributed by atoms with E-state index >= 15 is 0 Å². The fourth-order valence-electron chi connectivity index (χ4n) is 4.59. The first kappa shape index (κ1) is 34.7. The average molecular weight is 552 g/mol. The Hall–Kier alpha value is -2.36. The van der Waals surface area contributed by atoms with E-state index in [1.807, 2.05) is 26.0 Å². The van der Waals surface area contributed by atoms with Crippen LogP contribution in [0.4, 0.5) is 0 Å². The highest BCUT2D eigenvalue weighted by Crippen LogP contribution is 2.32. The van der Waals surface area contributed by atoms with Crippen LogP contribution in [-0.2, 0) is 20.7 Å². The van der Waals surface area contributed by atoms with Crippen LogP contribution in [0.1, 0.15) is 65.9 Å². The minimum absolute atomic E-state index is 0.117. The molecule has 9 nitrogen and oxygen atoms in total. The first-order chi connectivity index (χ1) is 18.3. The summed E-state index contributed by atoms with van der Waals surface area (Å²) in [5.41, 5.74) is 6.42. The summed E-state index contributed by atoms with van der Waals surface area (Å²) in [6, 6.07) is 5.31. The minimum atomic E-state index is -1.29. The highest BCUT2D eigenvalue weighted by Gasteiger charge is 2.40. The van der Waals surface area contributed by atoms with Crippen molar-refractivity contribution in [1.82, 2.24) is 10.2 Å². The smallest absolute Gasteiger partial charge is 0.244 e. The van der Waals surface area contributed by atoms with Crippen LogP contribution < -0.4 is 20.5 Å². The van der Waals surface area contributed by atoms with Gasteiger partial charge in [-0.15, -0.1) is 0 Å². The number of likely N-dealkylation sites (N-methyl/N-ethyl adjacent to an activating group) is 1. The third-order valence-corrected chi connectivity index (χ3v) is 7.47. The molecular formula is C30H53N3O6. The van der Waals surface area contributed by atoms with Gasteiger partial charge in [-0.1, -0.05) is 33.8 Å². The molecule has 0 fully saturated rings. The van der Waals surface area contributed by atoms with Crippen molar-refractivity contribution in [3.05, 3.63) is 23.8 Å². The van der Waals surface area contributed by atoms with Gasteiger partial charge in [0, 0.05) is 40.7 Å². The highest BCUT2D eigenvalue weighted by molar-refractivity contribution is 5.91. The van der Waals surface area contributed by atoms with Crippen molar-refractivity contribution in [1.29, 1.82) is 0 Å². The number of ether oxygens (including phenoxy) is 3. The van der Waals surface area contributed by atoms with Crippen molar-refractivity contribution in [3.8, 4) is 11.5 Å². The number of benzene rings is 1. The number of aliphatic hydroxyl groups excluding tert-OH is 1. The quantitative estimate of drug-likeness (QED) is 0.239. The molecule has 0 spiro atoms. The maximum atomic E-state index is 13.1. The van der Waals surface area contributed by atoms with E-state index in [9.17, 15) is 14.7 Å². The molecule has 0 aliphatic rings.